The van der Waals surface area contributed by atoms with Gasteiger partial charge in [0.05, 0.1) is 0 Å². The largest absolute Gasteiger partial charge is 0.322 e. The first kappa shape index (κ1) is 18.5. The third-order valence-electron chi connectivity index (χ3n) is 4.86. The molecule has 1 fully saturated rings. The van der Waals surface area contributed by atoms with Gasteiger partial charge in [0.1, 0.15) is 6.04 Å². The van der Waals surface area contributed by atoms with E-state index >= 15 is 0 Å². The SMILES string of the molecule is CCCNCCNCc1cccc2c1C(=O)N(C1CCC(=O)NC1=O)C2. The number of fused-ring (bicyclic) bond motifs is 1. The molecule has 0 aromatic heterocycles. The minimum absolute atomic E-state index is 0.115. The van der Waals surface area contributed by atoms with Gasteiger partial charge in [-0.15, -0.1) is 0 Å². The Kier molecular flexibility index (Phi) is 6.00. The van der Waals surface area contributed by atoms with Crippen LogP contribution in [0.1, 0.15) is 47.7 Å². The zero-order valence-corrected chi connectivity index (χ0v) is 15.1. The Bertz CT molecular complexity index is 704. The molecule has 3 N–H and O–H groups in total. The Labute approximate surface area is 153 Å². The lowest BCUT2D eigenvalue weighted by atomic mass is 10.0. The van der Waals surface area contributed by atoms with E-state index < -0.39 is 6.04 Å². The Hall–Kier alpha value is -2.25. The Morgan fingerprint density at radius 2 is 1.96 bits per heavy atom. The minimum atomic E-state index is -0.563. The van der Waals surface area contributed by atoms with Crippen molar-refractivity contribution in [2.24, 2.45) is 0 Å². The van der Waals surface area contributed by atoms with Gasteiger partial charge in [0.25, 0.3) is 5.91 Å². The number of piperidine rings is 1. The molecule has 0 bridgehead atoms. The molecule has 2 aliphatic rings. The summed E-state index contributed by atoms with van der Waals surface area (Å²) in [5.74, 6) is -0.753. The Morgan fingerprint density at radius 3 is 2.73 bits per heavy atom. The number of carbonyl (C=O) groups excluding carboxylic acids is 3. The fourth-order valence-electron chi connectivity index (χ4n) is 3.54. The van der Waals surface area contributed by atoms with Crippen molar-refractivity contribution >= 4 is 17.7 Å². The number of amides is 3. The lowest BCUT2D eigenvalue weighted by Gasteiger charge is -2.29. The van der Waals surface area contributed by atoms with Crippen LogP contribution in [0.5, 0.6) is 0 Å². The number of benzene rings is 1. The number of nitrogens with one attached hydrogen (secondary N) is 3. The van der Waals surface area contributed by atoms with Gasteiger partial charge in [-0.2, -0.15) is 0 Å². The number of carbonyl (C=O) groups is 3. The van der Waals surface area contributed by atoms with E-state index in [9.17, 15) is 14.4 Å². The van der Waals surface area contributed by atoms with E-state index in [0.29, 0.717) is 25.1 Å². The molecule has 1 aromatic carbocycles. The van der Waals surface area contributed by atoms with Crippen LogP contribution in [0.4, 0.5) is 0 Å². The van der Waals surface area contributed by atoms with E-state index in [-0.39, 0.29) is 24.1 Å². The normalized spacial score (nSPS) is 19.7. The molecule has 0 spiro atoms. The minimum Gasteiger partial charge on any atom is -0.322 e. The molecule has 7 heteroatoms. The number of hydrogen-bond donors (Lipinski definition) is 3. The topological polar surface area (TPSA) is 90.5 Å². The van der Waals surface area contributed by atoms with E-state index in [1.165, 1.54) is 0 Å². The highest BCUT2D eigenvalue weighted by molar-refractivity contribution is 6.05. The fraction of sp³-hybridized carbons (Fsp3) is 0.526. The van der Waals surface area contributed by atoms with Crippen LogP contribution in [0.25, 0.3) is 0 Å². The molecule has 2 aliphatic heterocycles. The first-order valence-corrected chi connectivity index (χ1v) is 9.28. The molecule has 1 aromatic rings. The monoisotopic (exact) mass is 358 g/mol. The van der Waals surface area contributed by atoms with Crippen LogP contribution < -0.4 is 16.0 Å². The highest BCUT2D eigenvalue weighted by Crippen LogP contribution is 2.29. The van der Waals surface area contributed by atoms with E-state index in [1.807, 2.05) is 18.2 Å². The van der Waals surface area contributed by atoms with Crippen LogP contribution in [0.15, 0.2) is 18.2 Å². The molecule has 1 atom stereocenters. The van der Waals surface area contributed by atoms with Crippen molar-refractivity contribution < 1.29 is 14.4 Å². The van der Waals surface area contributed by atoms with Crippen molar-refractivity contribution in [1.82, 2.24) is 20.9 Å². The van der Waals surface area contributed by atoms with Gasteiger partial charge in [0, 0.05) is 38.2 Å². The smallest absolute Gasteiger partial charge is 0.255 e. The summed E-state index contributed by atoms with van der Waals surface area (Å²) in [5.41, 5.74) is 2.60. The van der Waals surface area contributed by atoms with Gasteiger partial charge in [0.15, 0.2) is 0 Å². The van der Waals surface area contributed by atoms with E-state index in [4.69, 9.17) is 0 Å². The first-order valence-electron chi connectivity index (χ1n) is 9.28. The maximum absolute atomic E-state index is 12.9. The summed E-state index contributed by atoms with van der Waals surface area (Å²) in [6, 6.07) is 5.28. The average Bonchev–Trinajstić information content (AvgIpc) is 2.95. The lowest BCUT2D eigenvalue weighted by molar-refractivity contribution is -0.136. The van der Waals surface area contributed by atoms with Gasteiger partial charge in [-0.1, -0.05) is 25.1 Å². The van der Waals surface area contributed by atoms with Crippen LogP contribution in [0.3, 0.4) is 0 Å². The third-order valence-corrected chi connectivity index (χ3v) is 4.86. The second-order valence-corrected chi connectivity index (χ2v) is 6.78. The number of imide groups is 1. The number of hydrogen-bond acceptors (Lipinski definition) is 5. The molecule has 7 nitrogen and oxygen atoms in total. The molecule has 1 unspecified atom stereocenters. The standard InChI is InChI=1S/C19H26N4O3/c1-2-8-20-9-10-21-11-13-4-3-5-14-12-23(19(26)17(13)14)15-6-7-16(24)22-18(15)25/h3-5,15,20-21H,2,6-12H2,1H3,(H,22,24,25). The van der Waals surface area contributed by atoms with Gasteiger partial charge in [0.2, 0.25) is 11.8 Å². The second kappa shape index (κ2) is 8.42. The van der Waals surface area contributed by atoms with E-state index in [0.717, 1.165) is 37.2 Å². The summed E-state index contributed by atoms with van der Waals surface area (Å²) in [5, 5.41) is 9.03. The Morgan fingerprint density at radius 1 is 1.15 bits per heavy atom. The summed E-state index contributed by atoms with van der Waals surface area (Å²) in [7, 11) is 0. The van der Waals surface area contributed by atoms with Gasteiger partial charge in [-0.05, 0) is 30.5 Å². The molecule has 1 saturated heterocycles. The second-order valence-electron chi connectivity index (χ2n) is 6.78. The Balaban J connectivity index is 1.64. The first-order chi connectivity index (χ1) is 12.6. The molecule has 0 aliphatic carbocycles. The lowest BCUT2D eigenvalue weighted by Crippen LogP contribution is -2.52. The van der Waals surface area contributed by atoms with Gasteiger partial charge in [-0.3, -0.25) is 19.7 Å². The predicted molar refractivity (Wildman–Crippen MR) is 97.4 cm³/mol. The van der Waals surface area contributed by atoms with Gasteiger partial charge < -0.3 is 15.5 Å². The highest BCUT2D eigenvalue weighted by atomic mass is 16.2. The molecule has 26 heavy (non-hydrogen) atoms. The van der Waals surface area contributed by atoms with E-state index in [1.54, 1.807) is 4.90 Å². The molecule has 0 saturated carbocycles. The van der Waals surface area contributed by atoms with Crippen molar-refractivity contribution in [3.8, 4) is 0 Å². The van der Waals surface area contributed by atoms with Crippen molar-refractivity contribution in [2.75, 3.05) is 19.6 Å². The maximum Gasteiger partial charge on any atom is 0.255 e. The zero-order chi connectivity index (χ0) is 18.5. The molecule has 3 rings (SSSR count). The van der Waals surface area contributed by atoms with Crippen LogP contribution in [-0.2, 0) is 22.7 Å². The molecule has 140 valence electrons. The van der Waals surface area contributed by atoms with E-state index in [2.05, 4.69) is 22.9 Å². The van der Waals surface area contributed by atoms with Crippen molar-refractivity contribution in [1.29, 1.82) is 0 Å². The maximum atomic E-state index is 12.9. The quantitative estimate of drug-likeness (QED) is 0.466. The summed E-state index contributed by atoms with van der Waals surface area (Å²) in [6.07, 6.45) is 1.77. The predicted octanol–water partition coefficient (Wildman–Crippen LogP) is 0.537. The van der Waals surface area contributed by atoms with Crippen molar-refractivity contribution in [3.63, 3.8) is 0 Å². The summed E-state index contributed by atoms with van der Waals surface area (Å²) < 4.78 is 0. The summed E-state index contributed by atoms with van der Waals surface area (Å²) >= 11 is 0. The van der Waals surface area contributed by atoms with Crippen LogP contribution in [-0.4, -0.2) is 48.3 Å². The van der Waals surface area contributed by atoms with Crippen LogP contribution in [0.2, 0.25) is 0 Å². The fourth-order valence-corrected chi connectivity index (χ4v) is 3.54. The average molecular weight is 358 g/mol. The summed E-state index contributed by atoms with van der Waals surface area (Å²) in [6.45, 7) is 5.89. The molecular weight excluding hydrogens is 332 g/mol. The number of rotatable bonds is 8. The molecular formula is C19H26N4O3. The number of nitrogens with zero attached hydrogens (tertiary/aromatic N) is 1. The van der Waals surface area contributed by atoms with Gasteiger partial charge >= 0.3 is 0 Å². The molecule has 3 amide bonds. The summed E-state index contributed by atoms with van der Waals surface area (Å²) in [4.78, 5) is 38.0. The van der Waals surface area contributed by atoms with Crippen LogP contribution in [0, 0.1) is 0 Å². The molecule has 0 radical (unpaired) electrons. The molecule has 2 heterocycles. The van der Waals surface area contributed by atoms with Crippen molar-refractivity contribution in [2.45, 2.75) is 45.3 Å². The zero-order valence-electron chi connectivity index (χ0n) is 15.1. The van der Waals surface area contributed by atoms with Gasteiger partial charge in [-0.25, -0.2) is 0 Å². The van der Waals surface area contributed by atoms with Crippen LogP contribution >= 0.6 is 0 Å². The van der Waals surface area contributed by atoms with Crippen molar-refractivity contribution in [3.05, 3.63) is 34.9 Å². The third kappa shape index (κ3) is 3.94. The highest BCUT2D eigenvalue weighted by Gasteiger charge is 2.39.